The van der Waals surface area contributed by atoms with Gasteiger partial charge in [-0.2, -0.15) is 0 Å². The van der Waals surface area contributed by atoms with E-state index in [0.717, 1.165) is 16.1 Å². The van der Waals surface area contributed by atoms with Gasteiger partial charge in [0, 0.05) is 0 Å². The SMILES string of the molecule is ClC(CCC1CCCC1)c1cc(Br)sc1Br. The first kappa shape index (κ1) is 13.4. The quantitative estimate of drug-likeness (QED) is 0.517. The van der Waals surface area contributed by atoms with E-state index < -0.39 is 0 Å². The largest absolute Gasteiger partial charge is 0.121 e. The third kappa shape index (κ3) is 3.47. The smallest absolute Gasteiger partial charge is 0.0757 e. The predicted molar refractivity (Wildman–Crippen MR) is 79.5 cm³/mol. The Kier molecular flexibility index (Phi) is 5.20. The summed E-state index contributed by atoms with van der Waals surface area (Å²) < 4.78 is 2.33. The lowest BCUT2D eigenvalue weighted by molar-refractivity contribution is 0.480. The lowest BCUT2D eigenvalue weighted by atomic mass is 9.99. The fourth-order valence-electron chi connectivity index (χ4n) is 2.40. The highest BCUT2D eigenvalue weighted by Gasteiger charge is 2.19. The molecule has 2 rings (SSSR count). The lowest BCUT2D eigenvalue weighted by Gasteiger charge is -2.12. The van der Waals surface area contributed by atoms with E-state index >= 15 is 0 Å². The summed E-state index contributed by atoms with van der Waals surface area (Å²) in [5.74, 6) is 0.933. The van der Waals surface area contributed by atoms with Crippen LogP contribution in [0, 0.1) is 5.92 Å². The molecule has 0 aliphatic heterocycles. The zero-order valence-corrected chi connectivity index (χ0v) is 13.8. The van der Waals surface area contributed by atoms with Crippen LogP contribution >= 0.6 is 54.8 Å². The second kappa shape index (κ2) is 6.21. The Morgan fingerprint density at radius 3 is 2.62 bits per heavy atom. The molecular weight excluding hydrogens is 371 g/mol. The second-order valence-electron chi connectivity index (χ2n) is 4.47. The lowest BCUT2D eigenvalue weighted by Crippen LogP contribution is -1.97. The zero-order chi connectivity index (χ0) is 11.5. The normalized spacial score (nSPS) is 19.2. The van der Waals surface area contributed by atoms with Gasteiger partial charge in [0.25, 0.3) is 0 Å². The van der Waals surface area contributed by atoms with Crippen LogP contribution in [0.15, 0.2) is 13.6 Å². The van der Waals surface area contributed by atoms with Crippen LogP contribution in [-0.2, 0) is 0 Å². The van der Waals surface area contributed by atoms with Crippen LogP contribution in [-0.4, -0.2) is 0 Å². The minimum atomic E-state index is 0.164. The Bertz CT molecular complexity index is 345. The van der Waals surface area contributed by atoms with Gasteiger partial charge in [-0.25, -0.2) is 0 Å². The molecule has 16 heavy (non-hydrogen) atoms. The van der Waals surface area contributed by atoms with Crippen LogP contribution in [0.3, 0.4) is 0 Å². The molecule has 0 amide bonds. The van der Waals surface area contributed by atoms with E-state index in [9.17, 15) is 0 Å². The van der Waals surface area contributed by atoms with Crippen LogP contribution in [0.1, 0.15) is 49.5 Å². The van der Waals surface area contributed by atoms with Crippen molar-refractivity contribution in [3.05, 3.63) is 19.2 Å². The second-order valence-corrected chi connectivity index (χ2v) is 8.75. The first-order valence-corrected chi connectivity index (χ1v) is 8.59. The van der Waals surface area contributed by atoms with Crippen molar-refractivity contribution in [1.29, 1.82) is 0 Å². The summed E-state index contributed by atoms with van der Waals surface area (Å²) in [5, 5.41) is 0.164. The highest BCUT2D eigenvalue weighted by Crippen LogP contribution is 2.41. The van der Waals surface area contributed by atoms with Gasteiger partial charge in [0.1, 0.15) is 0 Å². The third-order valence-corrected chi connectivity index (χ3v) is 6.16. The number of hydrogen-bond donors (Lipinski definition) is 0. The van der Waals surface area contributed by atoms with E-state index in [1.807, 2.05) is 0 Å². The predicted octanol–water partition coefficient (Wildman–Crippen LogP) is 6.52. The van der Waals surface area contributed by atoms with Crippen LogP contribution < -0.4 is 0 Å². The van der Waals surface area contributed by atoms with Gasteiger partial charge in [0.15, 0.2) is 0 Å². The molecule has 0 spiro atoms. The maximum Gasteiger partial charge on any atom is 0.0757 e. The summed E-state index contributed by atoms with van der Waals surface area (Å²) in [6.45, 7) is 0. The molecule has 90 valence electrons. The summed E-state index contributed by atoms with van der Waals surface area (Å²) in [6, 6.07) is 2.14. The Morgan fingerprint density at radius 1 is 1.38 bits per heavy atom. The van der Waals surface area contributed by atoms with Crippen LogP contribution in [0.2, 0.25) is 0 Å². The van der Waals surface area contributed by atoms with E-state index in [2.05, 4.69) is 37.9 Å². The molecule has 1 saturated carbocycles. The standard InChI is InChI=1S/C12H15Br2ClS/c13-11-7-9(12(14)16-11)10(15)6-5-8-3-1-2-4-8/h7-8,10H,1-6H2. The molecule has 1 fully saturated rings. The van der Waals surface area contributed by atoms with Gasteiger partial charge in [-0.15, -0.1) is 22.9 Å². The van der Waals surface area contributed by atoms with Crippen molar-refractivity contribution in [3.8, 4) is 0 Å². The summed E-state index contributed by atoms with van der Waals surface area (Å²) in [7, 11) is 0. The van der Waals surface area contributed by atoms with Gasteiger partial charge in [-0.05, 0) is 62.2 Å². The van der Waals surface area contributed by atoms with Crippen LogP contribution in [0.5, 0.6) is 0 Å². The maximum atomic E-state index is 6.46. The molecule has 1 heterocycles. The van der Waals surface area contributed by atoms with Crippen molar-refractivity contribution in [3.63, 3.8) is 0 Å². The van der Waals surface area contributed by atoms with Crippen molar-refractivity contribution < 1.29 is 0 Å². The van der Waals surface area contributed by atoms with Crippen molar-refractivity contribution in [2.24, 2.45) is 5.92 Å². The highest BCUT2D eigenvalue weighted by atomic mass is 79.9. The van der Waals surface area contributed by atoms with Gasteiger partial charge in [-0.3, -0.25) is 0 Å². The minimum absolute atomic E-state index is 0.164. The van der Waals surface area contributed by atoms with Crippen molar-refractivity contribution in [2.45, 2.75) is 43.9 Å². The molecule has 1 aliphatic carbocycles. The van der Waals surface area contributed by atoms with E-state index in [1.54, 1.807) is 11.3 Å². The Morgan fingerprint density at radius 2 is 2.06 bits per heavy atom. The molecule has 0 radical (unpaired) electrons. The number of halogens is 3. The van der Waals surface area contributed by atoms with Crippen molar-refractivity contribution in [1.82, 2.24) is 0 Å². The Labute approximate surface area is 123 Å². The van der Waals surface area contributed by atoms with Gasteiger partial charge >= 0.3 is 0 Å². The highest BCUT2D eigenvalue weighted by molar-refractivity contribution is 9.12. The minimum Gasteiger partial charge on any atom is -0.121 e. The van der Waals surface area contributed by atoms with Crippen LogP contribution in [0.25, 0.3) is 0 Å². The van der Waals surface area contributed by atoms with E-state index in [4.69, 9.17) is 11.6 Å². The molecule has 0 aromatic carbocycles. The van der Waals surface area contributed by atoms with Gasteiger partial charge in [0.2, 0.25) is 0 Å². The molecule has 1 unspecified atom stereocenters. The molecule has 4 heteroatoms. The molecule has 0 bridgehead atoms. The van der Waals surface area contributed by atoms with Crippen LogP contribution in [0.4, 0.5) is 0 Å². The first-order valence-electron chi connectivity index (χ1n) is 5.75. The van der Waals surface area contributed by atoms with Gasteiger partial charge in [-0.1, -0.05) is 25.7 Å². The summed E-state index contributed by atoms with van der Waals surface area (Å²) in [5.41, 5.74) is 1.25. The Balaban J connectivity index is 1.87. The number of thiophene rings is 1. The van der Waals surface area contributed by atoms with Crippen molar-refractivity contribution >= 4 is 54.8 Å². The fraction of sp³-hybridized carbons (Fsp3) is 0.667. The summed E-state index contributed by atoms with van der Waals surface area (Å²) in [4.78, 5) is 0. The fourth-order valence-corrected chi connectivity index (χ4v) is 5.87. The molecule has 0 N–H and O–H groups in total. The van der Waals surface area contributed by atoms with Gasteiger partial charge in [0.05, 0.1) is 12.9 Å². The third-order valence-electron chi connectivity index (χ3n) is 3.32. The molecular formula is C12H15Br2ClS. The Hall–Kier alpha value is 0.950. The molecule has 1 aromatic heterocycles. The van der Waals surface area contributed by atoms with E-state index in [0.29, 0.717) is 0 Å². The van der Waals surface area contributed by atoms with E-state index in [-0.39, 0.29) is 5.38 Å². The zero-order valence-electron chi connectivity index (χ0n) is 9.02. The molecule has 0 nitrogen and oxygen atoms in total. The number of hydrogen-bond acceptors (Lipinski definition) is 1. The topological polar surface area (TPSA) is 0 Å². The maximum absolute atomic E-state index is 6.46. The monoisotopic (exact) mass is 384 g/mol. The summed E-state index contributed by atoms with van der Waals surface area (Å²) >= 11 is 15.2. The summed E-state index contributed by atoms with van der Waals surface area (Å²) in [6.07, 6.45) is 8.06. The number of alkyl halides is 1. The average molecular weight is 387 g/mol. The molecule has 1 aliphatic rings. The van der Waals surface area contributed by atoms with Crippen molar-refractivity contribution in [2.75, 3.05) is 0 Å². The first-order chi connectivity index (χ1) is 7.66. The molecule has 0 saturated heterocycles. The van der Waals surface area contributed by atoms with E-state index in [1.165, 1.54) is 41.5 Å². The van der Waals surface area contributed by atoms with Gasteiger partial charge < -0.3 is 0 Å². The average Bonchev–Trinajstić information content (AvgIpc) is 2.84. The number of rotatable bonds is 4. The molecule has 1 atom stereocenters. The molecule has 1 aromatic rings.